The highest BCUT2D eigenvalue weighted by Crippen LogP contribution is 2.16. The van der Waals surface area contributed by atoms with Gasteiger partial charge in [-0.2, -0.15) is 0 Å². The maximum absolute atomic E-state index is 12.7. The lowest BCUT2D eigenvalue weighted by Gasteiger charge is -2.06. The Morgan fingerprint density at radius 2 is 2.29 bits per heavy atom. The normalized spacial score (nSPS) is 10.5. The van der Waals surface area contributed by atoms with Crippen molar-refractivity contribution in [3.63, 3.8) is 0 Å². The Labute approximate surface area is 104 Å². The molecule has 6 heteroatoms. The van der Waals surface area contributed by atoms with Gasteiger partial charge in [0.1, 0.15) is 12.4 Å². The number of benzene rings is 1. The van der Waals surface area contributed by atoms with Gasteiger partial charge in [-0.05, 0) is 17.7 Å². The minimum absolute atomic E-state index is 0.0843. The van der Waals surface area contributed by atoms with Gasteiger partial charge >= 0.3 is 0 Å². The number of amides is 1. The summed E-state index contributed by atoms with van der Waals surface area (Å²) >= 11 is 5.84. The van der Waals surface area contributed by atoms with Crippen molar-refractivity contribution in [2.24, 2.45) is 5.73 Å². The molecule has 0 aromatic heterocycles. The smallest absolute Gasteiger partial charge is 0.243 e. The third kappa shape index (κ3) is 5.63. The van der Waals surface area contributed by atoms with E-state index in [1.54, 1.807) is 6.07 Å². The average Bonchev–Trinajstić information content (AvgIpc) is 2.25. The van der Waals surface area contributed by atoms with Gasteiger partial charge in [0.25, 0.3) is 0 Å². The summed E-state index contributed by atoms with van der Waals surface area (Å²) in [6.07, 6.45) is 0. The van der Waals surface area contributed by atoms with Crippen LogP contribution < -0.4 is 11.1 Å². The fourth-order valence-corrected chi connectivity index (χ4v) is 1.44. The second-order valence-electron chi connectivity index (χ2n) is 3.43. The summed E-state index contributed by atoms with van der Waals surface area (Å²) in [6.45, 7) is 1.36. The number of hydrogen-bond acceptors (Lipinski definition) is 3. The van der Waals surface area contributed by atoms with Gasteiger partial charge in [-0.1, -0.05) is 17.7 Å². The molecule has 0 unspecified atom stereocenters. The molecular formula is C11H14ClFN2O2. The second-order valence-corrected chi connectivity index (χ2v) is 3.84. The minimum Gasteiger partial charge on any atom is -0.370 e. The van der Waals surface area contributed by atoms with Gasteiger partial charge < -0.3 is 15.8 Å². The predicted octanol–water partition coefficient (Wildman–Crippen LogP) is 1.07. The second kappa shape index (κ2) is 7.21. The molecule has 0 aliphatic carbocycles. The van der Waals surface area contributed by atoms with Crippen LogP contribution in [0.25, 0.3) is 0 Å². The average molecular weight is 261 g/mol. The topological polar surface area (TPSA) is 64.4 Å². The molecule has 0 spiro atoms. The number of hydrogen-bond donors (Lipinski definition) is 2. The molecule has 1 rings (SSSR count). The molecular weight excluding hydrogens is 247 g/mol. The summed E-state index contributed by atoms with van der Waals surface area (Å²) in [5, 5.41) is 3.44. The molecule has 94 valence electrons. The van der Waals surface area contributed by atoms with E-state index in [0.29, 0.717) is 24.7 Å². The van der Waals surface area contributed by atoms with Gasteiger partial charge in [0, 0.05) is 18.1 Å². The molecule has 0 fully saturated rings. The lowest BCUT2D eigenvalue weighted by Crippen LogP contribution is -2.23. The van der Waals surface area contributed by atoms with Crippen molar-refractivity contribution in [1.29, 1.82) is 0 Å². The van der Waals surface area contributed by atoms with E-state index >= 15 is 0 Å². The Kier molecular flexibility index (Phi) is 5.90. The van der Waals surface area contributed by atoms with Crippen LogP contribution in [-0.4, -0.2) is 25.7 Å². The largest absolute Gasteiger partial charge is 0.370 e. The molecule has 0 saturated heterocycles. The van der Waals surface area contributed by atoms with Gasteiger partial charge in [0.2, 0.25) is 5.91 Å². The maximum Gasteiger partial charge on any atom is 0.243 e. The Hall–Kier alpha value is -1.17. The number of carbonyl (C=O) groups excluding carboxylic acids is 1. The van der Waals surface area contributed by atoms with Gasteiger partial charge in [-0.15, -0.1) is 0 Å². The van der Waals surface area contributed by atoms with Crippen LogP contribution in [0.4, 0.5) is 4.39 Å². The van der Waals surface area contributed by atoms with Crippen molar-refractivity contribution in [3.05, 3.63) is 34.6 Å². The third-order valence-corrected chi connectivity index (χ3v) is 2.35. The molecule has 17 heavy (non-hydrogen) atoms. The number of rotatable bonds is 7. The first-order chi connectivity index (χ1) is 8.09. The monoisotopic (exact) mass is 260 g/mol. The van der Waals surface area contributed by atoms with Crippen molar-refractivity contribution < 1.29 is 13.9 Å². The molecule has 1 aromatic carbocycles. The SMILES string of the molecule is NC(=O)COCCNCc1ccc(F)cc1Cl. The van der Waals surface area contributed by atoms with Gasteiger partial charge in [-0.25, -0.2) is 4.39 Å². The summed E-state index contributed by atoms with van der Waals surface area (Å²) in [7, 11) is 0. The van der Waals surface area contributed by atoms with Gasteiger partial charge in [0.05, 0.1) is 6.61 Å². The molecule has 4 nitrogen and oxygen atoms in total. The van der Waals surface area contributed by atoms with Crippen LogP contribution in [0.1, 0.15) is 5.56 Å². The third-order valence-electron chi connectivity index (χ3n) is 2.00. The molecule has 0 bridgehead atoms. The number of halogens is 2. The zero-order valence-corrected chi connectivity index (χ0v) is 9.97. The Bertz CT molecular complexity index is 388. The Morgan fingerprint density at radius 1 is 1.53 bits per heavy atom. The predicted molar refractivity (Wildman–Crippen MR) is 63.1 cm³/mol. The first-order valence-corrected chi connectivity index (χ1v) is 5.48. The van der Waals surface area contributed by atoms with Crippen molar-refractivity contribution in [2.45, 2.75) is 6.54 Å². The van der Waals surface area contributed by atoms with Crippen LogP contribution >= 0.6 is 11.6 Å². The van der Waals surface area contributed by atoms with E-state index in [-0.39, 0.29) is 12.4 Å². The molecule has 0 radical (unpaired) electrons. The van der Waals surface area contributed by atoms with Crippen LogP contribution in [0.5, 0.6) is 0 Å². The van der Waals surface area contributed by atoms with Gasteiger partial charge in [-0.3, -0.25) is 4.79 Å². The maximum atomic E-state index is 12.7. The molecule has 0 heterocycles. The molecule has 1 aromatic rings. The van der Waals surface area contributed by atoms with Crippen molar-refractivity contribution in [2.75, 3.05) is 19.8 Å². The van der Waals surface area contributed by atoms with E-state index in [2.05, 4.69) is 5.32 Å². The molecule has 0 saturated carbocycles. The van der Waals surface area contributed by atoms with Crippen LogP contribution in [0.3, 0.4) is 0 Å². The van der Waals surface area contributed by atoms with Crippen molar-refractivity contribution in [1.82, 2.24) is 5.32 Å². The standard InChI is InChI=1S/C11H14ClFN2O2/c12-10-5-9(13)2-1-8(10)6-15-3-4-17-7-11(14)16/h1-2,5,15H,3-4,6-7H2,(H2,14,16). The number of carbonyl (C=O) groups is 1. The van der Waals surface area contributed by atoms with Crippen LogP contribution in [0, 0.1) is 5.82 Å². The highest BCUT2D eigenvalue weighted by molar-refractivity contribution is 6.31. The summed E-state index contributed by atoms with van der Waals surface area (Å²) in [4.78, 5) is 10.4. The number of ether oxygens (including phenoxy) is 1. The van der Waals surface area contributed by atoms with Crippen LogP contribution in [0.15, 0.2) is 18.2 Å². The zero-order valence-electron chi connectivity index (χ0n) is 9.21. The highest BCUT2D eigenvalue weighted by Gasteiger charge is 2.01. The fraction of sp³-hybridized carbons (Fsp3) is 0.364. The Balaban J connectivity index is 2.20. The first kappa shape index (κ1) is 13.9. The molecule has 0 aliphatic rings. The van der Waals surface area contributed by atoms with E-state index in [0.717, 1.165) is 5.56 Å². The van der Waals surface area contributed by atoms with E-state index < -0.39 is 5.91 Å². The Morgan fingerprint density at radius 3 is 2.94 bits per heavy atom. The van der Waals surface area contributed by atoms with Crippen molar-refractivity contribution in [3.8, 4) is 0 Å². The van der Waals surface area contributed by atoms with E-state index in [4.69, 9.17) is 22.1 Å². The summed E-state index contributed by atoms with van der Waals surface area (Å²) in [6, 6.07) is 4.24. The van der Waals surface area contributed by atoms with E-state index in [9.17, 15) is 9.18 Å². The van der Waals surface area contributed by atoms with Crippen LogP contribution in [0.2, 0.25) is 5.02 Å². The lowest BCUT2D eigenvalue weighted by molar-refractivity contribution is -0.122. The number of nitrogens with one attached hydrogen (secondary N) is 1. The summed E-state index contributed by atoms with van der Waals surface area (Å²) in [5.74, 6) is -0.852. The molecule has 0 aliphatic heterocycles. The van der Waals surface area contributed by atoms with E-state index in [1.807, 2.05) is 0 Å². The molecule has 0 atom stereocenters. The molecule has 1 amide bonds. The molecule has 3 N–H and O–H groups in total. The fourth-order valence-electron chi connectivity index (χ4n) is 1.21. The van der Waals surface area contributed by atoms with Gasteiger partial charge in [0.15, 0.2) is 0 Å². The quantitative estimate of drug-likeness (QED) is 0.721. The summed E-state index contributed by atoms with van der Waals surface area (Å²) in [5.41, 5.74) is 5.70. The first-order valence-electron chi connectivity index (χ1n) is 5.10. The number of primary amides is 1. The minimum atomic E-state index is -0.494. The zero-order chi connectivity index (χ0) is 12.7. The van der Waals surface area contributed by atoms with Crippen LogP contribution in [-0.2, 0) is 16.1 Å². The van der Waals surface area contributed by atoms with Crippen molar-refractivity contribution >= 4 is 17.5 Å². The lowest BCUT2D eigenvalue weighted by atomic mass is 10.2. The number of nitrogens with two attached hydrogens (primary N) is 1. The van der Waals surface area contributed by atoms with E-state index in [1.165, 1.54) is 12.1 Å². The highest BCUT2D eigenvalue weighted by atomic mass is 35.5. The summed E-state index contributed by atoms with van der Waals surface area (Å²) < 4.78 is 17.7.